The van der Waals surface area contributed by atoms with E-state index in [4.69, 9.17) is 26.4 Å². The molecule has 0 unspecified atom stereocenters. The standard InChI is InChI=1S/C14H14N4O4S/c15-4-5-21-7-3-1-2-6-9-12(23-11(6)7)8(18-14(17)20)10(22-9)13(16)19/h1-3H,4-5,15H2,(H2,16,19)(H3,17,18,20). The van der Waals surface area contributed by atoms with Crippen LogP contribution in [-0.2, 0) is 0 Å². The summed E-state index contributed by atoms with van der Waals surface area (Å²) in [6.07, 6.45) is 0. The zero-order valence-electron chi connectivity index (χ0n) is 11.9. The van der Waals surface area contributed by atoms with Gasteiger partial charge in [-0.25, -0.2) is 4.79 Å². The van der Waals surface area contributed by atoms with Crippen molar-refractivity contribution in [1.82, 2.24) is 0 Å². The van der Waals surface area contributed by atoms with Crippen LogP contribution < -0.4 is 27.3 Å². The lowest BCUT2D eigenvalue weighted by molar-refractivity contribution is 0.0977. The van der Waals surface area contributed by atoms with Crippen molar-refractivity contribution in [2.24, 2.45) is 17.2 Å². The molecule has 0 bridgehead atoms. The summed E-state index contributed by atoms with van der Waals surface area (Å²) in [5.41, 5.74) is 16.5. The topological polar surface area (TPSA) is 147 Å². The summed E-state index contributed by atoms with van der Waals surface area (Å²) >= 11 is 1.31. The number of hydrogen-bond acceptors (Lipinski definition) is 6. The maximum absolute atomic E-state index is 11.5. The Morgan fingerprint density at radius 2 is 2.04 bits per heavy atom. The van der Waals surface area contributed by atoms with Crippen LogP contribution in [0.3, 0.4) is 0 Å². The number of furan rings is 1. The Morgan fingerprint density at radius 1 is 1.26 bits per heavy atom. The predicted molar refractivity (Wildman–Crippen MR) is 87.9 cm³/mol. The lowest BCUT2D eigenvalue weighted by atomic mass is 10.2. The Morgan fingerprint density at radius 3 is 2.70 bits per heavy atom. The molecule has 8 nitrogen and oxygen atoms in total. The highest BCUT2D eigenvalue weighted by Crippen LogP contribution is 2.45. The second kappa shape index (κ2) is 5.78. The molecule has 9 heteroatoms. The molecule has 0 atom stereocenters. The van der Waals surface area contributed by atoms with E-state index in [0.29, 0.717) is 29.2 Å². The van der Waals surface area contributed by atoms with Crippen LogP contribution in [-0.4, -0.2) is 25.1 Å². The van der Waals surface area contributed by atoms with Crippen molar-refractivity contribution in [3.63, 3.8) is 0 Å². The number of hydrogen-bond donors (Lipinski definition) is 4. The summed E-state index contributed by atoms with van der Waals surface area (Å²) in [6, 6.07) is 4.62. The first-order valence-corrected chi connectivity index (χ1v) is 7.51. The number of primary amides is 2. The van der Waals surface area contributed by atoms with Gasteiger partial charge in [-0.2, -0.15) is 0 Å². The van der Waals surface area contributed by atoms with Crippen LogP contribution in [0.1, 0.15) is 10.6 Å². The molecule has 0 aliphatic heterocycles. The van der Waals surface area contributed by atoms with Gasteiger partial charge in [0.2, 0.25) is 5.76 Å². The molecular weight excluding hydrogens is 320 g/mol. The SMILES string of the molecule is NCCOc1cccc2c1sc1c(NC(N)=O)c(C(N)=O)oc12. The Hall–Kier alpha value is -2.78. The van der Waals surface area contributed by atoms with Gasteiger partial charge in [0.15, 0.2) is 5.58 Å². The highest BCUT2D eigenvalue weighted by Gasteiger charge is 2.24. The van der Waals surface area contributed by atoms with Crippen LogP contribution in [0.15, 0.2) is 22.6 Å². The molecule has 0 spiro atoms. The highest BCUT2D eigenvalue weighted by molar-refractivity contribution is 7.26. The molecule has 23 heavy (non-hydrogen) atoms. The Kier molecular flexibility index (Phi) is 3.80. The van der Waals surface area contributed by atoms with Crippen LogP contribution in [0.4, 0.5) is 10.5 Å². The van der Waals surface area contributed by atoms with Gasteiger partial charge in [0.05, 0.1) is 9.40 Å². The minimum absolute atomic E-state index is 0.139. The largest absolute Gasteiger partial charge is 0.491 e. The Bertz CT molecular complexity index is 914. The monoisotopic (exact) mass is 334 g/mol. The summed E-state index contributed by atoms with van der Waals surface area (Å²) in [4.78, 5) is 22.7. The third-order valence-electron chi connectivity index (χ3n) is 3.14. The minimum atomic E-state index is -0.813. The van der Waals surface area contributed by atoms with Crippen molar-refractivity contribution < 1.29 is 18.7 Å². The third-order valence-corrected chi connectivity index (χ3v) is 4.36. The number of benzene rings is 1. The molecule has 0 saturated heterocycles. The molecular formula is C14H14N4O4S. The van der Waals surface area contributed by atoms with Gasteiger partial charge in [0, 0.05) is 11.9 Å². The van der Waals surface area contributed by atoms with Crippen molar-refractivity contribution in [2.45, 2.75) is 0 Å². The average Bonchev–Trinajstić information content (AvgIpc) is 3.02. The number of fused-ring (bicyclic) bond motifs is 3. The van der Waals surface area contributed by atoms with Gasteiger partial charge in [-0.05, 0) is 12.1 Å². The molecule has 1 aromatic carbocycles. The molecule has 2 heterocycles. The first-order chi connectivity index (χ1) is 11.0. The van der Waals surface area contributed by atoms with E-state index in [2.05, 4.69) is 5.32 Å². The van der Waals surface area contributed by atoms with E-state index in [1.807, 2.05) is 12.1 Å². The minimum Gasteiger partial charge on any atom is -0.491 e. The first kappa shape index (κ1) is 15.1. The summed E-state index contributed by atoms with van der Waals surface area (Å²) in [6.45, 7) is 0.759. The molecule has 0 aliphatic carbocycles. The second-order valence-electron chi connectivity index (χ2n) is 4.69. The van der Waals surface area contributed by atoms with Crippen LogP contribution in [0.5, 0.6) is 5.75 Å². The molecule has 2 aromatic heterocycles. The van der Waals surface area contributed by atoms with Gasteiger partial charge in [-0.1, -0.05) is 6.07 Å². The van der Waals surface area contributed by atoms with Gasteiger partial charge in [-0.15, -0.1) is 11.3 Å². The fourth-order valence-corrected chi connectivity index (χ4v) is 3.48. The van der Waals surface area contributed by atoms with E-state index in [0.717, 1.165) is 10.1 Å². The van der Waals surface area contributed by atoms with E-state index < -0.39 is 11.9 Å². The van der Waals surface area contributed by atoms with Crippen molar-refractivity contribution in [1.29, 1.82) is 0 Å². The van der Waals surface area contributed by atoms with E-state index in [-0.39, 0.29) is 11.4 Å². The van der Waals surface area contributed by atoms with Crippen molar-refractivity contribution in [3.05, 3.63) is 24.0 Å². The maximum Gasteiger partial charge on any atom is 0.316 e. The van der Waals surface area contributed by atoms with Gasteiger partial charge < -0.3 is 31.7 Å². The molecule has 3 amide bonds. The number of rotatable bonds is 5. The third kappa shape index (κ3) is 2.56. The summed E-state index contributed by atoms with van der Waals surface area (Å²) in [7, 11) is 0. The average molecular weight is 334 g/mol. The number of urea groups is 1. The van der Waals surface area contributed by atoms with Gasteiger partial charge >= 0.3 is 6.03 Å². The number of thiophene rings is 1. The molecule has 0 saturated carbocycles. The molecule has 3 aromatic rings. The quantitative estimate of drug-likeness (QED) is 0.559. The van der Waals surface area contributed by atoms with Crippen molar-refractivity contribution >= 4 is 49.3 Å². The van der Waals surface area contributed by atoms with Crippen LogP contribution in [0.2, 0.25) is 0 Å². The molecule has 0 radical (unpaired) electrons. The number of carbonyl (C=O) groups excluding carboxylic acids is 2. The Labute approximate surface area is 134 Å². The number of anilines is 1. The normalized spacial score (nSPS) is 11.0. The fraction of sp³-hybridized carbons (Fsp3) is 0.143. The van der Waals surface area contributed by atoms with E-state index >= 15 is 0 Å². The second-order valence-corrected chi connectivity index (χ2v) is 5.71. The van der Waals surface area contributed by atoms with Gasteiger partial charge in [0.25, 0.3) is 5.91 Å². The zero-order chi connectivity index (χ0) is 16.6. The summed E-state index contributed by atoms with van der Waals surface area (Å²) < 4.78 is 12.5. The summed E-state index contributed by atoms with van der Waals surface area (Å²) in [5, 5.41) is 3.14. The van der Waals surface area contributed by atoms with Crippen molar-refractivity contribution in [2.75, 3.05) is 18.5 Å². The summed E-state index contributed by atoms with van der Waals surface area (Å²) in [5.74, 6) is -0.281. The first-order valence-electron chi connectivity index (χ1n) is 6.70. The highest BCUT2D eigenvalue weighted by atomic mass is 32.1. The fourth-order valence-electron chi connectivity index (χ4n) is 2.29. The molecule has 120 valence electrons. The smallest absolute Gasteiger partial charge is 0.316 e. The molecule has 0 fully saturated rings. The molecule has 7 N–H and O–H groups in total. The number of carbonyl (C=O) groups is 2. The van der Waals surface area contributed by atoms with Gasteiger partial charge in [0.1, 0.15) is 18.0 Å². The number of nitrogens with one attached hydrogen (secondary N) is 1. The number of nitrogens with two attached hydrogens (primary N) is 3. The van der Waals surface area contributed by atoms with Gasteiger partial charge in [-0.3, -0.25) is 4.79 Å². The Balaban J connectivity index is 2.25. The van der Waals surface area contributed by atoms with E-state index in [1.54, 1.807) is 6.07 Å². The zero-order valence-corrected chi connectivity index (χ0v) is 12.7. The lowest BCUT2D eigenvalue weighted by Gasteiger charge is -2.05. The van der Waals surface area contributed by atoms with Crippen LogP contribution >= 0.6 is 11.3 Å². The number of amides is 3. The van der Waals surface area contributed by atoms with E-state index in [9.17, 15) is 9.59 Å². The van der Waals surface area contributed by atoms with E-state index in [1.165, 1.54) is 11.3 Å². The lowest BCUT2D eigenvalue weighted by Crippen LogP contribution is -2.21. The number of ether oxygens (including phenoxy) is 1. The van der Waals surface area contributed by atoms with Crippen molar-refractivity contribution in [3.8, 4) is 5.75 Å². The maximum atomic E-state index is 11.5. The van der Waals surface area contributed by atoms with Crippen LogP contribution in [0, 0.1) is 0 Å². The van der Waals surface area contributed by atoms with Crippen LogP contribution in [0.25, 0.3) is 20.4 Å². The molecule has 0 aliphatic rings. The predicted octanol–water partition coefficient (Wildman–Crippen LogP) is 1.57. The molecule has 3 rings (SSSR count).